The molecule has 2 nitrogen and oxygen atoms in total. The van der Waals surface area contributed by atoms with Gasteiger partial charge in [-0.3, -0.25) is 0 Å². The SMILES string of the molecule is CCCC=CCCCCCCCCC=CC=CC(=O)O. The van der Waals surface area contributed by atoms with Gasteiger partial charge < -0.3 is 5.11 Å². The number of carboxylic acids is 1. The van der Waals surface area contributed by atoms with E-state index >= 15 is 0 Å². The van der Waals surface area contributed by atoms with Gasteiger partial charge in [0.05, 0.1) is 0 Å². The van der Waals surface area contributed by atoms with Gasteiger partial charge in [0.15, 0.2) is 0 Å². The molecular formula is C18H30O2. The van der Waals surface area contributed by atoms with Crippen LogP contribution in [0.3, 0.4) is 0 Å². The van der Waals surface area contributed by atoms with Gasteiger partial charge in [0.25, 0.3) is 0 Å². The van der Waals surface area contributed by atoms with E-state index in [0.29, 0.717) is 0 Å². The summed E-state index contributed by atoms with van der Waals surface area (Å²) in [6.07, 6.45) is 23.7. The summed E-state index contributed by atoms with van der Waals surface area (Å²) in [7, 11) is 0. The Morgan fingerprint density at radius 2 is 1.35 bits per heavy atom. The lowest BCUT2D eigenvalue weighted by atomic mass is 10.1. The zero-order chi connectivity index (χ0) is 14.9. The largest absolute Gasteiger partial charge is 0.478 e. The highest BCUT2D eigenvalue weighted by Gasteiger charge is 1.90. The maximum Gasteiger partial charge on any atom is 0.328 e. The van der Waals surface area contributed by atoms with Crippen molar-refractivity contribution in [3.63, 3.8) is 0 Å². The number of unbranched alkanes of at least 4 members (excludes halogenated alkanes) is 8. The number of allylic oxidation sites excluding steroid dienone is 5. The molecule has 0 saturated carbocycles. The highest BCUT2D eigenvalue weighted by molar-refractivity contribution is 5.80. The summed E-state index contributed by atoms with van der Waals surface area (Å²) in [5.74, 6) is -0.890. The van der Waals surface area contributed by atoms with Crippen molar-refractivity contribution < 1.29 is 9.90 Å². The molecule has 0 unspecified atom stereocenters. The summed E-state index contributed by atoms with van der Waals surface area (Å²) < 4.78 is 0. The van der Waals surface area contributed by atoms with E-state index < -0.39 is 5.97 Å². The van der Waals surface area contributed by atoms with Crippen LogP contribution in [0.25, 0.3) is 0 Å². The molecule has 20 heavy (non-hydrogen) atoms. The predicted octanol–water partition coefficient (Wildman–Crippen LogP) is 5.66. The van der Waals surface area contributed by atoms with E-state index in [-0.39, 0.29) is 0 Å². The van der Waals surface area contributed by atoms with Crippen molar-refractivity contribution in [2.75, 3.05) is 0 Å². The van der Waals surface area contributed by atoms with Crippen LogP contribution in [0.4, 0.5) is 0 Å². The molecule has 0 atom stereocenters. The van der Waals surface area contributed by atoms with Gasteiger partial charge in [-0.05, 0) is 32.1 Å². The standard InChI is InChI=1S/C18H30O2/c1-2-3-4-5-6-7-8-9-10-11-12-13-14-15-16-17-18(19)20/h4-5,14-17H,2-3,6-13H2,1H3,(H,19,20). The van der Waals surface area contributed by atoms with Crippen molar-refractivity contribution in [3.8, 4) is 0 Å². The third-order valence-electron chi connectivity index (χ3n) is 3.10. The topological polar surface area (TPSA) is 37.3 Å². The molecule has 0 fully saturated rings. The van der Waals surface area contributed by atoms with Crippen LogP contribution < -0.4 is 0 Å². The fourth-order valence-corrected chi connectivity index (χ4v) is 1.95. The van der Waals surface area contributed by atoms with Gasteiger partial charge in [-0.2, -0.15) is 0 Å². The molecule has 0 aromatic carbocycles. The van der Waals surface area contributed by atoms with E-state index in [4.69, 9.17) is 5.11 Å². The summed E-state index contributed by atoms with van der Waals surface area (Å²) in [6.45, 7) is 2.21. The number of rotatable bonds is 13. The number of aliphatic carboxylic acids is 1. The summed E-state index contributed by atoms with van der Waals surface area (Å²) in [5, 5.41) is 8.39. The van der Waals surface area contributed by atoms with Crippen LogP contribution in [0.2, 0.25) is 0 Å². The number of carbonyl (C=O) groups is 1. The second-order valence-corrected chi connectivity index (χ2v) is 5.08. The fraction of sp³-hybridized carbons (Fsp3) is 0.611. The molecule has 0 spiro atoms. The van der Waals surface area contributed by atoms with Gasteiger partial charge >= 0.3 is 5.97 Å². The number of carboxylic acid groups (broad SMARTS) is 1. The Hall–Kier alpha value is -1.31. The van der Waals surface area contributed by atoms with Gasteiger partial charge in [0.2, 0.25) is 0 Å². The van der Waals surface area contributed by atoms with Crippen LogP contribution in [-0.4, -0.2) is 11.1 Å². The smallest absolute Gasteiger partial charge is 0.328 e. The van der Waals surface area contributed by atoms with E-state index in [0.717, 1.165) is 12.5 Å². The molecule has 0 heterocycles. The summed E-state index contributed by atoms with van der Waals surface area (Å²) in [6, 6.07) is 0. The van der Waals surface area contributed by atoms with Crippen LogP contribution in [0.5, 0.6) is 0 Å². The molecule has 0 saturated heterocycles. The Balaban J connectivity index is 3.19. The minimum Gasteiger partial charge on any atom is -0.478 e. The van der Waals surface area contributed by atoms with Crippen LogP contribution in [0, 0.1) is 0 Å². The number of hydrogen-bond donors (Lipinski definition) is 1. The number of hydrogen-bond acceptors (Lipinski definition) is 1. The van der Waals surface area contributed by atoms with Crippen molar-refractivity contribution in [1.29, 1.82) is 0 Å². The van der Waals surface area contributed by atoms with E-state index in [1.54, 1.807) is 6.08 Å². The Labute approximate surface area is 124 Å². The molecular weight excluding hydrogens is 248 g/mol. The highest BCUT2D eigenvalue weighted by Crippen LogP contribution is 2.09. The monoisotopic (exact) mass is 278 g/mol. The first-order valence-electron chi connectivity index (χ1n) is 7.98. The summed E-state index contributed by atoms with van der Waals surface area (Å²) in [5.41, 5.74) is 0. The van der Waals surface area contributed by atoms with Gasteiger partial charge in [-0.25, -0.2) is 4.79 Å². The van der Waals surface area contributed by atoms with Gasteiger partial charge in [-0.15, -0.1) is 0 Å². The van der Waals surface area contributed by atoms with Crippen LogP contribution in [-0.2, 0) is 4.79 Å². The average molecular weight is 278 g/mol. The maximum absolute atomic E-state index is 10.2. The second-order valence-electron chi connectivity index (χ2n) is 5.08. The molecule has 0 bridgehead atoms. The highest BCUT2D eigenvalue weighted by atomic mass is 16.4. The zero-order valence-electron chi connectivity index (χ0n) is 12.9. The lowest BCUT2D eigenvalue weighted by Gasteiger charge is -1.99. The normalized spacial score (nSPS) is 12.1. The van der Waals surface area contributed by atoms with E-state index in [1.165, 1.54) is 57.8 Å². The Kier molecular flexibility index (Phi) is 14.7. The lowest BCUT2D eigenvalue weighted by Crippen LogP contribution is -1.84. The first-order valence-corrected chi connectivity index (χ1v) is 7.98. The lowest BCUT2D eigenvalue weighted by molar-refractivity contribution is -0.131. The molecule has 0 aliphatic carbocycles. The third kappa shape index (κ3) is 16.7. The quantitative estimate of drug-likeness (QED) is 0.204. The van der Waals surface area contributed by atoms with Crippen molar-refractivity contribution in [2.24, 2.45) is 0 Å². The summed E-state index contributed by atoms with van der Waals surface area (Å²) >= 11 is 0. The van der Waals surface area contributed by atoms with Gasteiger partial charge in [-0.1, -0.05) is 69.4 Å². The van der Waals surface area contributed by atoms with Crippen molar-refractivity contribution in [1.82, 2.24) is 0 Å². The molecule has 0 radical (unpaired) electrons. The summed E-state index contributed by atoms with van der Waals surface area (Å²) in [4.78, 5) is 10.2. The van der Waals surface area contributed by atoms with E-state index in [1.807, 2.05) is 12.2 Å². The van der Waals surface area contributed by atoms with Crippen molar-refractivity contribution in [2.45, 2.75) is 71.1 Å². The Bertz CT molecular complexity index is 301. The van der Waals surface area contributed by atoms with Crippen LogP contribution in [0.15, 0.2) is 36.5 Å². The molecule has 0 aliphatic rings. The molecule has 1 N–H and O–H groups in total. The van der Waals surface area contributed by atoms with Crippen molar-refractivity contribution >= 4 is 5.97 Å². The predicted molar refractivity (Wildman–Crippen MR) is 86.9 cm³/mol. The van der Waals surface area contributed by atoms with Crippen molar-refractivity contribution in [3.05, 3.63) is 36.5 Å². The van der Waals surface area contributed by atoms with Crippen LogP contribution >= 0.6 is 0 Å². The first kappa shape index (κ1) is 18.7. The van der Waals surface area contributed by atoms with E-state index in [2.05, 4.69) is 19.1 Å². The zero-order valence-corrected chi connectivity index (χ0v) is 12.9. The Morgan fingerprint density at radius 3 is 1.95 bits per heavy atom. The first-order chi connectivity index (χ1) is 9.77. The molecule has 0 aromatic heterocycles. The molecule has 0 rings (SSSR count). The minimum atomic E-state index is -0.890. The third-order valence-corrected chi connectivity index (χ3v) is 3.10. The Morgan fingerprint density at radius 1 is 0.800 bits per heavy atom. The van der Waals surface area contributed by atoms with Gasteiger partial charge in [0, 0.05) is 6.08 Å². The fourth-order valence-electron chi connectivity index (χ4n) is 1.95. The average Bonchev–Trinajstić information content (AvgIpc) is 2.43. The molecule has 114 valence electrons. The van der Waals surface area contributed by atoms with E-state index in [9.17, 15) is 4.79 Å². The van der Waals surface area contributed by atoms with Gasteiger partial charge in [0.1, 0.15) is 0 Å². The maximum atomic E-state index is 10.2. The molecule has 0 aliphatic heterocycles. The second kappa shape index (κ2) is 15.7. The van der Waals surface area contributed by atoms with Crippen LogP contribution in [0.1, 0.15) is 71.1 Å². The minimum absolute atomic E-state index is 0.890. The molecule has 0 aromatic rings. The molecule has 0 amide bonds. The molecule has 2 heteroatoms.